The summed E-state index contributed by atoms with van der Waals surface area (Å²) >= 11 is 0. The Hall–Kier alpha value is -2.95. The summed E-state index contributed by atoms with van der Waals surface area (Å²) in [6.07, 6.45) is 1.74. The topological polar surface area (TPSA) is 67.8 Å². The number of benzene rings is 2. The van der Waals surface area contributed by atoms with E-state index in [-0.39, 0.29) is 5.56 Å². The second-order valence-corrected chi connectivity index (χ2v) is 4.75. The monoisotopic (exact) mass is 313 g/mol. The third-order valence-electron chi connectivity index (χ3n) is 3.16. The Morgan fingerprint density at radius 2 is 1.91 bits per heavy atom. The van der Waals surface area contributed by atoms with E-state index in [9.17, 15) is 4.79 Å². The molecule has 0 aliphatic rings. The van der Waals surface area contributed by atoms with Crippen molar-refractivity contribution in [3.8, 4) is 11.5 Å². The number of hydrogen-bond acceptors (Lipinski definition) is 4. The Morgan fingerprint density at radius 1 is 1.17 bits per heavy atom. The van der Waals surface area contributed by atoms with E-state index in [1.807, 2.05) is 37.3 Å². The Bertz CT molecular complexity index is 695. The summed E-state index contributed by atoms with van der Waals surface area (Å²) in [5.74, 6) is 0.324. The minimum Gasteiger partial charge on any atom is -0.485 e. The molecule has 0 saturated heterocycles. The lowest BCUT2D eigenvalue weighted by atomic mass is 10.2. The van der Waals surface area contributed by atoms with E-state index in [0.717, 1.165) is 5.56 Å². The molecule has 2 N–H and O–H groups in total. The summed E-state index contributed by atoms with van der Waals surface area (Å²) in [5.41, 5.74) is 1.15. The first-order valence-electron chi connectivity index (χ1n) is 7.20. The number of rotatable bonds is 7. The van der Waals surface area contributed by atoms with Gasteiger partial charge in [0.1, 0.15) is 6.61 Å². The van der Waals surface area contributed by atoms with Crippen LogP contribution in [0.5, 0.6) is 11.5 Å². The highest BCUT2D eigenvalue weighted by molar-refractivity contribution is 5.88. The van der Waals surface area contributed by atoms with Gasteiger partial charge in [-0.1, -0.05) is 30.3 Å². The van der Waals surface area contributed by atoms with Crippen LogP contribution >= 0.6 is 0 Å². The van der Waals surface area contributed by atoms with Crippen molar-refractivity contribution in [3.63, 3.8) is 0 Å². The van der Waals surface area contributed by atoms with Gasteiger partial charge in [0, 0.05) is 7.05 Å². The fraction of sp³-hybridized carbons (Fsp3) is 0.167. The average Bonchev–Trinajstić information content (AvgIpc) is 2.59. The zero-order chi connectivity index (χ0) is 16.7. The number of carboxylic acids is 1. The Labute approximate surface area is 135 Å². The van der Waals surface area contributed by atoms with Gasteiger partial charge in [-0.15, -0.1) is 0 Å². The van der Waals surface area contributed by atoms with Gasteiger partial charge in [-0.3, -0.25) is 0 Å². The van der Waals surface area contributed by atoms with Crippen molar-refractivity contribution in [1.82, 2.24) is 5.32 Å². The van der Waals surface area contributed by atoms with Crippen molar-refractivity contribution >= 4 is 5.97 Å². The number of hydrogen-bond donors (Lipinski definition) is 2. The molecule has 0 atom stereocenters. The third-order valence-corrected chi connectivity index (χ3v) is 3.16. The molecule has 0 spiro atoms. The van der Waals surface area contributed by atoms with E-state index >= 15 is 0 Å². The Morgan fingerprint density at radius 3 is 2.52 bits per heavy atom. The van der Waals surface area contributed by atoms with Crippen LogP contribution in [0.25, 0.3) is 0 Å². The molecule has 0 radical (unpaired) electrons. The quantitative estimate of drug-likeness (QED) is 0.767. The molecule has 0 aliphatic carbocycles. The van der Waals surface area contributed by atoms with Gasteiger partial charge in [0.25, 0.3) is 0 Å². The van der Waals surface area contributed by atoms with E-state index in [4.69, 9.17) is 14.6 Å². The molecular formula is C18H19NO4. The molecule has 120 valence electrons. The van der Waals surface area contributed by atoms with Crippen molar-refractivity contribution < 1.29 is 19.4 Å². The maximum absolute atomic E-state index is 11.1. The van der Waals surface area contributed by atoms with Crippen molar-refractivity contribution in [2.45, 2.75) is 13.5 Å². The molecule has 5 heteroatoms. The number of carbonyl (C=O) groups is 1. The molecule has 5 nitrogen and oxygen atoms in total. The minimum absolute atomic E-state index is 0.138. The largest absolute Gasteiger partial charge is 0.485 e. The fourth-order valence-electron chi connectivity index (χ4n) is 1.95. The van der Waals surface area contributed by atoms with Crippen molar-refractivity contribution in [2.75, 3.05) is 7.05 Å². The van der Waals surface area contributed by atoms with Crippen LogP contribution in [0.3, 0.4) is 0 Å². The maximum Gasteiger partial charge on any atom is 0.335 e. The van der Waals surface area contributed by atoms with Crippen molar-refractivity contribution in [1.29, 1.82) is 0 Å². The van der Waals surface area contributed by atoms with Gasteiger partial charge in [0.2, 0.25) is 0 Å². The second kappa shape index (κ2) is 7.89. The van der Waals surface area contributed by atoms with Crippen LogP contribution in [-0.2, 0) is 6.61 Å². The van der Waals surface area contributed by atoms with Crippen LogP contribution in [0.2, 0.25) is 0 Å². The lowest BCUT2D eigenvalue weighted by molar-refractivity contribution is 0.0696. The van der Waals surface area contributed by atoms with Crippen molar-refractivity contribution in [3.05, 3.63) is 71.6 Å². The summed E-state index contributed by atoms with van der Waals surface area (Å²) in [5, 5.41) is 12.0. The molecule has 0 aliphatic heterocycles. The maximum atomic E-state index is 11.1. The molecule has 0 amide bonds. The lowest BCUT2D eigenvalue weighted by Gasteiger charge is -2.15. The van der Waals surface area contributed by atoms with Crippen LogP contribution in [0.1, 0.15) is 22.8 Å². The van der Waals surface area contributed by atoms with E-state index in [0.29, 0.717) is 24.0 Å². The van der Waals surface area contributed by atoms with Gasteiger partial charge >= 0.3 is 5.97 Å². The molecule has 0 aromatic heterocycles. The van der Waals surface area contributed by atoms with Crippen LogP contribution < -0.4 is 14.8 Å². The van der Waals surface area contributed by atoms with E-state index < -0.39 is 5.97 Å². The minimum atomic E-state index is -1.02. The molecule has 2 aromatic carbocycles. The summed E-state index contributed by atoms with van der Waals surface area (Å²) < 4.78 is 11.5. The molecular weight excluding hydrogens is 294 g/mol. The van der Waals surface area contributed by atoms with Gasteiger partial charge in [-0.2, -0.15) is 0 Å². The Balaban J connectivity index is 2.24. The summed E-state index contributed by atoms with van der Waals surface area (Å²) in [6.45, 7) is 2.19. The lowest BCUT2D eigenvalue weighted by Crippen LogP contribution is -2.13. The first-order valence-corrected chi connectivity index (χ1v) is 7.20. The highest BCUT2D eigenvalue weighted by Gasteiger charge is 2.12. The molecule has 2 aromatic rings. The zero-order valence-electron chi connectivity index (χ0n) is 13.1. The zero-order valence-corrected chi connectivity index (χ0v) is 13.1. The van der Waals surface area contributed by atoms with Gasteiger partial charge < -0.3 is 19.9 Å². The van der Waals surface area contributed by atoms with Gasteiger partial charge in [0.05, 0.1) is 5.56 Å². The Kier molecular flexibility index (Phi) is 5.63. The SMILES string of the molecule is C/C=C(\NC)Oc1cc(C(=O)O)ccc1OCc1ccccc1. The first kappa shape index (κ1) is 16.4. The van der Waals surface area contributed by atoms with Crippen LogP contribution in [0.15, 0.2) is 60.5 Å². The molecule has 0 heterocycles. The van der Waals surface area contributed by atoms with E-state index in [1.165, 1.54) is 12.1 Å². The number of allylic oxidation sites excluding steroid dienone is 1. The molecule has 0 fully saturated rings. The molecule has 23 heavy (non-hydrogen) atoms. The van der Waals surface area contributed by atoms with E-state index in [1.54, 1.807) is 19.2 Å². The number of ether oxygens (including phenoxy) is 2. The number of aromatic carboxylic acids is 1. The summed E-state index contributed by atoms with van der Waals surface area (Å²) in [4.78, 5) is 11.1. The van der Waals surface area contributed by atoms with E-state index in [2.05, 4.69) is 5.32 Å². The first-order chi connectivity index (χ1) is 11.1. The van der Waals surface area contributed by atoms with Crippen LogP contribution in [0, 0.1) is 0 Å². The van der Waals surface area contributed by atoms with Gasteiger partial charge in [0.15, 0.2) is 17.4 Å². The highest BCUT2D eigenvalue weighted by atomic mass is 16.5. The van der Waals surface area contributed by atoms with Crippen LogP contribution in [-0.4, -0.2) is 18.1 Å². The summed E-state index contributed by atoms with van der Waals surface area (Å²) in [6, 6.07) is 14.3. The normalized spacial score (nSPS) is 11.0. The summed E-state index contributed by atoms with van der Waals surface area (Å²) in [7, 11) is 1.72. The average molecular weight is 313 g/mol. The third kappa shape index (κ3) is 4.51. The molecule has 2 rings (SSSR count). The van der Waals surface area contributed by atoms with Crippen molar-refractivity contribution in [2.24, 2.45) is 0 Å². The highest BCUT2D eigenvalue weighted by Crippen LogP contribution is 2.30. The molecule has 0 bridgehead atoms. The number of nitrogens with one attached hydrogen (secondary N) is 1. The predicted molar refractivity (Wildman–Crippen MR) is 87.6 cm³/mol. The smallest absolute Gasteiger partial charge is 0.335 e. The molecule has 0 unspecified atom stereocenters. The second-order valence-electron chi connectivity index (χ2n) is 4.75. The fourth-order valence-corrected chi connectivity index (χ4v) is 1.95. The van der Waals surface area contributed by atoms with Gasteiger partial charge in [-0.05, 0) is 36.8 Å². The van der Waals surface area contributed by atoms with Crippen LogP contribution in [0.4, 0.5) is 0 Å². The number of carboxylic acid groups (broad SMARTS) is 1. The standard InChI is InChI=1S/C18H19NO4/c1-3-17(19-2)23-16-11-14(18(20)21)9-10-15(16)22-12-13-7-5-4-6-8-13/h3-11,19H,12H2,1-2H3,(H,20,21)/b17-3+. The predicted octanol–water partition coefficient (Wildman–Crippen LogP) is 3.42. The van der Waals surface area contributed by atoms with Gasteiger partial charge in [-0.25, -0.2) is 4.79 Å². The molecule has 0 saturated carbocycles.